The van der Waals surface area contributed by atoms with Gasteiger partial charge in [-0.15, -0.1) is 10.2 Å². The molecule has 4 heterocycles. The van der Waals surface area contributed by atoms with Crippen molar-refractivity contribution in [2.75, 3.05) is 29.6 Å². The van der Waals surface area contributed by atoms with Crippen LogP contribution in [0.25, 0.3) is 11.3 Å². The minimum absolute atomic E-state index is 0.0314. The number of pyridine rings is 1. The predicted octanol–water partition coefficient (Wildman–Crippen LogP) is 2.85. The fourth-order valence-electron chi connectivity index (χ4n) is 4.45. The molecule has 1 saturated carbocycles. The van der Waals surface area contributed by atoms with E-state index in [4.69, 9.17) is 14.1 Å². The van der Waals surface area contributed by atoms with E-state index in [0.29, 0.717) is 11.5 Å². The molecule has 3 N–H and O–H groups in total. The van der Waals surface area contributed by atoms with E-state index in [1.807, 2.05) is 39.3 Å². The highest BCUT2D eigenvalue weighted by molar-refractivity contribution is 6.00. The number of carbonyl (C=O) groups excluding carboxylic acids is 2. The first kappa shape index (κ1) is 19.3. The van der Waals surface area contributed by atoms with Crippen LogP contribution >= 0.6 is 0 Å². The molecule has 0 unspecified atom stereocenters. The van der Waals surface area contributed by atoms with E-state index in [1.165, 1.54) is 6.07 Å². The van der Waals surface area contributed by atoms with Gasteiger partial charge in [0.25, 0.3) is 5.91 Å². The maximum Gasteiger partial charge on any atom is 0.273 e. The van der Waals surface area contributed by atoms with Crippen LogP contribution in [0.2, 0.25) is 0 Å². The zero-order chi connectivity index (χ0) is 27.5. The SMILES string of the molecule is [2H]C([2H])([2H])NC(=O)c1nnc(NC(=O)C2CC2)cc1Nc1nc(C)cc2c1N(C)[C@@H](C)c1c-2nc(C)n1C. The number of hydrogen-bond acceptors (Lipinski definition) is 8. The Hall–Kier alpha value is -4.02. The number of hydrogen-bond donors (Lipinski definition) is 3. The molecule has 11 heteroatoms. The van der Waals surface area contributed by atoms with Gasteiger partial charge in [0.05, 0.1) is 28.8 Å². The Bertz CT molecular complexity index is 1460. The molecule has 35 heavy (non-hydrogen) atoms. The number of aromatic nitrogens is 5. The second-order valence-corrected chi connectivity index (χ2v) is 9.08. The van der Waals surface area contributed by atoms with E-state index in [2.05, 4.69) is 37.2 Å². The van der Waals surface area contributed by atoms with Crippen molar-refractivity contribution in [3.63, 3.8) is 0 Å². The standard InChI is InChI=1S/C24H29N9O2/c1-11-9-15-18-20(33(6)13(3)27-18)12(2)32(5)21(15)22(26-11)28-16-10-17(29-23(34)14-7-8-14)30-31-19(16)24(35)25-4/h9-10,12,14H,7-8H2,1-6H3,(H,25,35)(H2,26,28,29,30,34)/t12-/m0/s1/i4D3. The lowest BCUT2D eigenvalue weighted by Gasteiger charge is -2.35. The van der Waals surface area contributed by atoms with E-state index < -0.39 is 12.9 Å². The summed E-state index contributed by atoms with van der Waals surface area (Å²) in [5.41, 5.74) is 4.17. The molecule has 0 radical (unpaired) electrons. The number of nitrogens with zero attached hydrogens (tertiary/aromatic N) is 6. The van der Waals surface area contributed by atoms with Crippen LogP contribution in [0, 0.1) is 19.8 Å². The second-order valence-electron chi connectivity index (χ2n) is 9.08. The van der Waals surface area contributed by atoms with E-state index in [0.717, 1.165) is 41.3 Å². The van der Waals surface area contributed by atoms with E-state index in [-0.39, 0.29) is 35.1 Å². The topological polar surface area (TPSA) is 130 Å². The predicted molar refractivity (Wildman–Crippen MR) is 133 cm³/mol. The van der Waals surface area contributed by atoms with Gasteiger partial charge in [0.15, 0.2) is 17.3 Å². The monoisotopic (exact) mass is 478 g/mol. The number of aryl methyl sites for hydroxylation is 2. The van der Waals surface area contributed by atoms with Crippen molar-refractivity contribution < 1.29 is 13.7 Å². The molecule has 5 rings (SSSR count). The number of anilines is 4. The molecule has 11 nitrogen and oxygen atoms in total. The normalized spacial score (nSPS) is 18.0. The first-order valence-electron chi connectivity index (χ1n) is 12.9. The molecule has 2 aliphatic rings. The molecule has 1 fully saturated rings. The largest absolute Gasteiger partial charge is 0.363 e. The molecule has 1 aliphatic heterocycles. The van der Waals surface area contributed by atoms with Gasteiger partial charge in [0.1, 0.15) is 5.82 Å². The first-order chi connectivity index (χ1) is 17.8. The molecule has 3 aromatic heterocycles. The smallest absolute Gasteiger partial charge is 0.273 e. The molecule has 2 amide bonds. The number of amides is 2. The minimum atomic E-state index is -2.72. The van der Waals surface area contributed by atoms with Gasteiger partial charge in [-0.2, -0.15) is 0 Å². The maximum atomic E-state index is 12.9. The van der Waals surface area contributed by atoms with Crippen LogP contribution in [0.4, 0.5) is 23.0 Å². The Balaban J connectivity index is 1.61. The third-order valence-corrected chi connectivity index (χ3v) is 6.64. The zero-order valence-corrected chi connectivity index (χ0v) is 20.2. The highest BCUT2D eigenvalue weighted by atomic mass is 16.2. The summed E-state index contributed by atoms with van der Waals surface area (Å²) in [5.74, 6) is 0.265. The molecule has 1 atom stereocenters. The fraction of sp³-hybridized carbons (Fsp3) is 0.417. The molecule has 0 bridgehead atoms. The second kappa shape index (κ2) is 8.33. The zero-order valence-electron chi connectivity index (χ0n) is 23.2. The Morgan fingerprint density at radius 1 is 1.14 bits per heavy atom. The summed E-state index contributed by atoms with van der Waals surface area (Å²) in [6.45, 7) is 3.15. The van der Waals surface area contributed by atoms with E-state index in [1.54, 1.807) is 0 Å². The van der Waals surface area contributed by atoms with Crippen LogP contribution in [-0.2, 0) is 11.8 Å². The lowest BCUT2D eigenvalue weighted by Crippen LogP contribution is -2.29. The number of rotatable bonds is 5. The Labute approximate surface area is 207 Å². The summed E-state index contributed by atoms with van der Waals surface area (Å²) >= 11 is 0. The molecular weight excluding hydrogens is 446 g/mol. The van der Waals surface area contributed by atoms with Crippen LogP contribution < -0.4 is 20.9 Å². The molecule has 0 spiro atoms. The van der Waals surface area contributed by atoms with E-state index in [9.17, 15) is 9.59 Å². The summed E-state index contributed by atoms with van der Waals surface area (Å²) in [6, 6.07) is 3.39. The van der Waals surface area contributed by atoms with Crippen LogP contribution in [-0.4, -0.2) is 50.6 Å². The number of fused-ring (bicyclic) bond motifs is 3. The van der Waals surface area contributed by atoms with Crippen molar-refractivity contribution in [3.8, 4) is 11.3 Å². The molecule has 0 saturated heterocycles. The van der Waals surface area contributed by atoms with Gasteiger partial charge in [-0.05, 0) is 39.7 Å². The van der Waals surface area contributed by atoms with Crippen molar-refractivity contribution in [2.24, 2.45) is 13.0 Å². The maximum absolute atomic E-state index is 12.9. The van der Waals surface area contributed by atoms with Gasteiger partial charge < -0.3 is 25.4 Å². The van der Waals surface area contributed by atoms with Crippen molar-refractivity contribution in [3.05, 3.63) is 35.0 Å². The fourth-order valence-corrected chi connectivity index (χ4v) is 4.45. The van der Waals surface area contributed by atoms with Gasteiger partial charge in [0.2, 0.25) is 5.91 Å². The Morgan fingerprint density at radius 3 is 2.63 bits per heavy atom. The first-order valence-corrected chi connectivity index (χ1v) is 11.4. The van der Waals surface area contributed by atoms with Crippen molar-refractivity contribution in [2.45, 2.75) is 39.7 Å². The van der Waals surface area contributed by atoms with E-state index >= 15 is 0 Å². The van der Waals surface area contributed by atoms with Crippen molar-refractivity contribution >= 4 is 34.8 Å². The average molecular weight is 479 g/mol. The van der Waals surface area contributed by atoms with Gasteiger partial charge in [0, 0.05) is 48.4 Å². The van der Waals surface area contributed by atoms with Crippen LogP contribution in [0.3, 0.4) is 0 Å². The van der Waals surface area contributed by atoms with Crippen LogP contribution in [0.1, 0.15) is 57.6 Å². The van der Waals surface area contributed by atoms with Gasteiger partial charge in [-0.25, -0.2) is 9.97 Å². The summed E-state index contributed by atoms with van der Waals surface area (Å²) in [7, 11) is 3.94. The van der Waals surface area contributed by atoms with Crippen molar-refractivity contribution in [1.29, 1.82) is 0 Å². The third kappa shape index (κ3) is 3.86. The molecule has 1 aliphatic carbocycles. The average Bonchev–Trinajstić information content (AvgIpc) is 3.62. The highest BCUT2D eigenvalue weighted by Gasteiger charge is 2.34. The molecule has 182 valence electrons. The summed E-state index contributed by atoms with van der Waals surface area (Å²) in [6.07, 6.45) is 1.62. The Kier molecular flexibility index (Phi) is 4.59. The van der Waals surface area contributed by atoms with Crippen LogP contribution in [0.15, 0.2) is 12.1 Å². The highest BCUT2D eigenvalue weighted by Crippen LogP contribution is 2.47. The van der Waals surface area contributed by atoms with Gasteiger partial charge >= 0.3 is 0 Å². The summed E-state index contributed by atoms with van der Waals surface area (Å²) < 4.78 is 24.4. The number of imidazole rings is 1. The lowest BCUT2D eigenvalue weighted by molar-refractivity contribution is -0.117. The van der Waals surface area contributed by atoms with Crippen molar-refractivity contribution in [1.82, 2.24) is 30.0 Å². The Morgan fingerprint density at radius 2 is 1.91 bits per heavy atom. The molecular formula is C24H29N9O2. The third-order valence-electron chi connectivity index (χ3n) is 6.64. The molecule has 3 aromatic rings. The number of carbonyl (C=O) groups is 2. The summed E-state index contributed by atoms with van der Waals surface area (Å²) in [5, 5.41) is 15.8. The lowest BCUT2D eigenvalue weighted by atomic mass is 9.97. The molecule has 0 aromatic carbocycles. The van der Waals surface area contributed by atoms with Gasteiger partial charge in [-0.1, -0.05) is 0 Å². The minimum Gasteiger partial charge on any atom is -0.363 e. The van der Waals surface area contributed by atoms with Gasteiger partial charge in [-0.3, -0.25) is 9.59 Å². The van der Waals surface area contributed by atoms with Crippen LogP contribution in [0.5, 0.6) is 0 Å². The quantitative estimate of drug-likeness (QED) is 0.510. The summed E-state index contributed by atoms with van der Waals surface area (Å²) in [4.78, 5) is 36.8. The number of nitrogens with one attached hydrogen (secondary N) is 3.